The van der Waals surface area contributed by atoms with E-state index >= 15 is 0 Å². The molecule has 0 saturated heterocycles. The van der Waals surface area contributed by atoms with E-state index in [2.05, 4.69) is 18.1 Å². The molecule has 0 fully saturated rings. The minimum absolute atomic E-state index is 1.07. The number of hydrogen-bond donors (Lipinski definition) is 0. The summed E-state index contributed by atoms with van der Waals surface area (Å²) in [5, 5.41) is 5.06. The van der Waals surface area contributed by atoms with E-state index in [-0.39, 0.29) is 0 Å². The van der Waals surface area contributed by atoms with Crippen LogP contribution in [0.25, 0.3) is 0 Å². The molecule has 0 bridgehead atoms. The molecular formula is C8H8S2. The Bertz CT molecular complexity index is 226. The highest BCUT2D eigenvalue weighted by Gasteiger charge is 1.82. The average molecular weight is 168 g/mol. The number of rotatable bonds is 1. The molecule has 0 aromatic carbocycles. The Labute approximate surface area is 69.7 Å². The molecule has 2 heteroatoms. The van der Waals surface area contributed by atoms with Crippen LogP contribution in [0.4, 0.5) is 0 Å². The van der Waals surface area contributed by atoms with Gasteiger partial charge in [0.2, 0.25) is 0 Å². The molecule has 0 spiro atoms. The zero-order valence-electron chi connectivity index (χ0n) is 5.76. The van der Waals surface area contributed by atoms with Crippen LogP contribution in [0.3, 0.4) is 0 Å². The van der Waals surface area contributed by atoms with Crippen LogP contribution in [0.1, 0.15) is 11.8 Å². The lowest BCUT2D eigenvalue weighted by molar-refractivity contribution is 1.54. The molecular weight excluding hydrogens is 160 g/mol. The Kier molecular flexibility index (Phi) is 3.42. The molecule has 10 heavy (non-hydrogen) atoms. The van der Waals surface area contributed by atoms with Crippen molar-refractivity contribution in [1.82, 2.24) is 0 Å². The normalized spacial score (nSPS) is 8.50. The van der Waals surface area contributed by atoms with E-state index in [9.17, 15) is 0 Å². The standard InChI is InChI=1S/C8H8S2/c1-2-9-7-5-8-4-3-6-10-8/h3-4,6H,2H2,1H3. The minimum atomic E-state index is 1.07. The maximum absolute atomic E-state index is 3.06. The molecule has 0 saturated carbocycles. The van der Waals surface area contributed by atoms with Gasteiger partial charge in [0.15, 0.2) is 0 Å². The van der Waals surface area contributed by atoms with Gasteiger partial charge in [-0.25, -0.2) is 0 Å². The van der Waals surface area contributed by atoms with Gasteiger partial charge in [0.25, 0.3) is 0 Å². The lowest BCUT2D eigenvalue weighted by Gasteiger charge is -1.76. The number of thioether (sulfide) groups is 1. The van der Waals surface area contributed by atoms with Gasteiger partial charge >= 0.3 is 0 Å². The van der Waals surface area contributed by atoms with Gasteiger partial charge < -0.3 is 0 Å². The monoisotopic (exact) mass is 168 g/mol. The smallest absolute Gasteiger partial charge is 0.0777 e. The van der Waals surface area contributed by atoms with Crippen molar-refractivity contribution in [3.8, 4) is 11.2 Å². The highest BCUT2D eigenvalue weighted by molar-refractivity contribution is 8.03. The third kappa shape index (κ3) is 2.47. The molecule has 1 rings (SSSR count). The van der Waals surface area contributed by atoms with E-state index in [0.29, 0.717) is 0 Å². The van der Waals surface area contributed by atoms with E-state index in [1.165, 1.54) is 0 Å². The summed E-state index contributed by atoms with van der Waals surface area (Å²) >= 11 is 3.34. The van der Waals surface area contributed by atoms with Crippen LogP contribution in [0, 0.1) is 11.2 Å². The first-order valence-electron chi connectivity index (χ1n) is 3.10. The van der Waals surface area contributed by atoms with Gasteiger partial charge in [0.1, 0.15) is 0 Å². The highest BCUT2D eigenvalue weighted by Crippen LogP contribution is 2.06. The zero-order valence-corrected chi connectivity index (χ0v) is 7.39. The molecule has 0 aliphatic carbocycles. The summed E-state index contributed by atoms with van der Waals surface area (Å²) in [6, 6.07) is 4.05. The van der Waals surface area contributed by atoms with Gasteiger partial charge in [-0.05, 0) is 22.6 Å². The van der Waals surface area contributed by atoms with Gasteiger partial charge in [-0.2, -0.15) is 0 Å². The Morgan fingerprint density at radius 1 is 1.70 bits per heavy atom. The van der Waals surface area contributed by atoms with Crippen molar-refractivity contribution in [2.75, 3.05) is 5.75 Å². The van der Waals surface area contributed by atoms with Crippen molar-refractivity contribution in [3.05, 3.63) is 22.4 Å². The summed E-state index contributed by atoms with van der Waals surface area (Å²) in [4.78, 5) is 1.15. The minimum Gasteiger partial charge on any atom is -0.135 e. The van der Waals surface area contributed by atoms with Gasteiger partial charge in [0, 0.05) is 5.75 Å². The third-order valence-corrected chi connectivity index (χ3v) is 2.23. The molecule has 0 atom stereocenters. The van der Waals surface area contributed by atoms with E-state index in [0.717, 1.165) is 10.6 Å². The molecule has 52 valence electrons. The molecule has 0 radical (unpaired) electrons. The molecule has 1 aromatic rings. The molecule has 1 heterocycles. The lowest BCUT2D eigenvalue weighted by atomic mass is 10.5. The first kappa shape index (κ1) is 7.71. The maximum Gasteiger partial charge on any atom is 0.0777 e. The Morgan fingerprint density at radius 3 is 3.20 bits per heavy atom. The fourth-order valence-electron chi connectivity index (χ4n) is 0.508. The zero-order chi connectivity index (χ0) is 7.23. The first-order valence-corrected chi connectivity index (χ1v) is 4.96. The summed E-state index contributed by atoms with van der Waals surface area (Å²) < 4.78 is 0. The van der Waals surface area contributed by atoms with Crippen LogP contribution in [-0.4, -0.2) is 5.75 Å². The van der Waals surface area contributed by atoms with E-state index in [1.807, 2.05) is 17.5 Å². The van der Waals surface area contributed by atoms with Crippen LogP contribution < -0.4 is 0 Å². The largest absolute Gasteiger partial charge is 0.135 e. The average Bonchev–Trinajstić information content (AvgIpc) is 2.41. The summed E-state index contributed by atoms with van der Waals surface area (Å²) in [5.41, 5.74) is 0. The van der Waals surface area contributed by atoms with Crippen molar-refractivity contribution in [1.29, 1.82) is 0 Å². The predicted molar refractivity (Wildman–Crippen MR) is 49.3 cm³/mol. The van der Waals surface area contributed by atoms with Crippen LogP contribution in [0.15, 0.2) is 17.5 Å². The second kappa shape index (κ2) is 4.43. The van der Waals surface area contributed by atoms with E-state index in [1.54, 1.807) is 23.1 Å². The first-order chi connectivity index (χ1) is 4.93. The Morgan fingerprint density at radius 2 is 2.60 bits per heavy atom. The van der Waals surface area contributed by atoms with Gasteiger partial charge in [-0.15, -0.1) is 11.3 Å². The number of thiophene rings is 1. The Hall–Kier alpha value is -0.390. The number of hydrogen-bond acceptors (Lipinski definition) is 2. The van der Waals surface area contributed by atoms with Crippen LogP contribution >= 0.6 is 23.1 Å². The third-order valence-electron chi connectivity index (χ3n) is 0.912. The van der Waals surface area contributed by atoms with Gasteiger partial charge in [-0.1, -0.05) is 24.8 Å². The molecule has 0 N–H and O–H groups in total. The summed E-state index contributed by atoms with van der Waals surface area (Å²) in [5.74, 6) is 4.12. The quantitative estimate of drug-likeness (QED) is 0.581. The molecule has 0 aliphatic rings. The maximum atomic E-state index is 3.06. The highest BCUT2D eigenvalue weighted by atomic mass is 32.2. The molecule has 0 amide bonds. The topological polar surface area (TPSA) is 0 Å². The van der Waals surface area contributed by atoms with Gasteiger partial charge in [0.05, 0.1) is 4.88 Å². The second-order valence-electron chi connectivity index (χ2n) is 1.64. The van der Waals surface area contributed by atoms with Crippen LogP contribution in [-0.2, 0) is 0 Å². The molecule has 0 unspecified atom stereocenters. The lowest BCUT2D eigenvalue weighted by Crippen LogP contribution is -1.60. The molecule has 1 aromatic heterocycles. The summed E-state index contributed by atoms with van der Waals surface area (Å²) in [6.07, 6.45) is 0. The summed E-state index contributed by atoms with van der Waals surface area (Å²) in [6.45, 7) is 2.10. The van der Waals surface area contributed by atoms with Crippen LogP contribution in [0.2, 0.25) is 0 Å². The Balaban J connectivity index is 2.49. The van der Waals surface area contributed by atoms with Crippen molar-refractivity contribution >= 4 is 23.1 Å². The van der Waals surface area contributed by atoms with Crippen molar-refractivity contribution in [3.63, 3.8) is 0 Å². The molecule has 0 nitrogen and oxygen atoms in total. The van der Waals surface area contributed by atoms with E-state index in [4.69, 9.17) is 0 Å². The summed E-state index contributed by atoms with van der Waals surface area (Å²) in [7, 11) is 0. The van der Waals surface area contributed by atoms with Gasteiger partial charge in [-0.3, -0.25) is 0 Å². The van der Waals surface area contributed by atoms with Crippen molar-refractivity contribution < 1.29 is 0 Å². The van der Waals surface area contributed by atoms with E-state index < -0.39 is 0 Å². The van der Waals surface area contributed by atoms with Crippen molar-refractivity contribution in [2.24, 2.45) is 0 Å². The fourth-order valence-corrected chi connectivity index (χ4v) is 1.47. The fraction of sp³-hybridized carbons (Fsp3) is 0.250. The van der Waals surface area contributed by atoms with Crippen molar-refractivity contribution in [2.45, 2.75) is 6.92 Å². The molecule has 0 aliphatic heterocycles. The predicted octanol–water partition coefficient (Wildman–Crippen LogP) is 2.81. The SMILES string of the molecule is CCSC#Cc1cccs1. The van der Waals surface area contributed by atoms with Crippen LogP contribution in [0.5, 0.6) is 0 Å². The second-order valence-corrected chi connectivity index (χ2v) is 3.66.